The summed E-state index contributed by atoms with van der Waals surface area (Å²) in [6.45, 7) is 1.35. The third-order valence-corrected chi connectivity index (χ3v) is 3.02. The predicted octanol–water partition coefficient (Wildman–Crippen LogP) is 3.01. The topological polar surface area (TPSA) is 27.0 Å². The van der Waals surface area contributed by atoms with Gasteiger partial charge in [0.1, 0.15) is 5.38 Å². The third-order valence-electron chi connectivity index (χ3n) is 2.01. The normalized spacial score (nSPS) is 12.5. The highest BCUT2D eigenvalue weighted by Crippen LogP contribution is 2.17. The molecule has 1 aromatic carbocycles. The fourth-order valence-electron chi connectivity index (χ4n) is 1.30. The lowest BCUT2D eigenvalue weighted by Crippen LogP contribution is -2.25. The van der Waals surface area contributed by atoms with Crippen LogP contribution in [0.25, 0.3) is 0 Å². The molecule has 0 aliphatic carbocycles. The van der Waals surface area contributed by atoms with Crippen LogP contribution in [-0.2, 0) is 6.54 Å². The summed E-state index contributed by atoms with van der Waals surface area (Å²) in [5.74, 6) is 0. The van der Waals surface area contributed by atoms with Gasteiger partial charge in [-0.15, -0.1) is 11.6 Å². The summed E-state index contributed by atoms with van der Waals surface area (Å²) in [4.78, 5) is 2.03. The number of hydrogen-bond acceptors (Lipinski definition) is 2. The molecule has 4 heteroatoms. The standard InChI is InChI=1S/C11H12BrClN2/c1-15(8-10(13)6-14)7-9-4-2-3-5-11(9)12/h2-5,10H,7-8H2,1H3. The smallest absolute Gasteiger partial charge is 0.133 e. The SMILES string of the molecule is CN(Cc1ccccc1Br)CC(Cl)C#N. The van der Waals surface area contributed by atoms with Crippen molar-refractivity contribution in [3.05, 3.63) is 34.3 Å². The van der Waals surface area contributed by atoms with Crippen LogP contribution in [0.4, 0.5) is 0 Å². The van der Waals surface area contributed by atoms with E-state index in [1.807, 2.05) is 36.2 Å². The lowest BCUT2D eigenvalue weighted by atomic mass is 10.2. The minimum atomic E-state index is -0.447. The van der Waals surface area contributed by atoms with Crippen molar-refractivity contribution in [3.63, 3.8) is 0 Å². The van der Waals surface area contributed by atoms with Crippen molar-refractivity contribution < 1.29 is 0 Å². The molecule has 0 spiro atoms. The van der Waals surface area contributed by atoms with Gasteiger partial charge in [-0.25, -0.2) is 0 Å². The van der Waals surface area contributed by atoms with Crippen molar-refractivity contribution in [2.75, 3.05) is 13.6 Å². The Morgan fingerprint density at radius 1 is 1.53 bits per heavy atom. The number of alkyl halides is 1. The van der Waals surface area contributed by atoms with Crippen molar-refractivity contribution in [3.8, 4) is 6.07 Å². The van der Waals surface area contributed by atoms with Crippen molar-refractivity contribution >= 4 is 27.5 Å². The molecule has 1 rings (SSSR count). The van der Waals surface area contributed by atoms with Crippen LogP contribution in [0.2, 0.25) is 0 Å². The summed E-state index contributed by atoms with van der Waals surface area (Å²) >= 11 is 9.24. The van der Waals surface area contributed by atoms with Gasteiger partial charge in [0.2, 0.25) is 0 Å². The van der Waals surface area contributed by atoms with E-state index < -0.39 is 5.38 Å². The van der Waals surface area contributed by atoms with Crippen molar-refractivity contribution in [1.82, 2.24) is 4.90 Å². The molecular weight excluding hydrogens is 275 g/mol. The van der Waals surface area contributed by atoms with E-state index in [1.54, 1.807) is 0 Å². The molecule has 80 valence electrons. The molecule has 0 saturated carbocycles. The highest BCUT2D eigenvalue weighted by atomic mass is 79.9. The van der Waals surface area contributed by atoms with Gasteiger partial charge in [0.05, 0.1) is 6.07 Å². The Labute approximate surface area is 104 Å². The minimum absolute atomic E-state index is 0.447. The van der Waals surface area contributed by atoms with Gasteiger partial charge in [0, 0.05) is 17.6 Å². The third kappa shape index (κ3) is 4.21. The molecule has 1 atom stereocenters. The summed E-state index contributed by atoms with van der Waals surface area (Å²) in [6.07, 6.45) is 0. The Hall–Kier alpha value is -0.560. The van der Waals surface area contributed by atoms with E-state index in [0.29, 0.717) is 6.54 Å². The molecule has 0 aliphatic heterocycles. The number of nitriles is 1. The molecule has 0 fully saturated rings. The van der Waals surface area contributed by atoms with Gasteiger partial charge >= 0.3 is 0 Å². The van der Waals surface area contributed by atoms with Gasteiger partial charge in [-0.3, -0.25) is 4.90 Å². The van der Waals surface area contributed by atoms with Gasteiger partial charge in [0.15, 0.2) is 0 Å². The fourth-order valence-corrected chi connectivity index (χ4v) is 1.94. The van der Waals surface area contributed by atoms with Crippen LogP contribution in [0, 0.1) is 11.3 Å². The average molecular weight is 288 g/mol. The van der Waals surface area contributed by atoms with Crippen molar-refractivity contribution in [1.29, 1.82) is 5.26 Å². The Bertz CT molecular complexity index is 362. The van der Waals surface area contributed by atoms with Gasteiger partial charge in [-0.05, 0) is 18.7 Å². The number of hydrogen-bond donors (Lipinski definition) is 0. The largest absolute Gasteiger partial charge is 0.300 e. The molecular formula is C11H12BrClN2. The van der Waals surface area contributed by atoms with E-state index in [4.69, 9.17) is 16.9 Å². The fraction of sp³-hybridized carbons (Fsp3) is 0.364. The van der Waals surface area contributed by atoms with Crippen LogP contribution in [0.5, 0.6) is 0 Å². The second kappa shape index (κ2) is 6.12. The van der Waals surface area contributed by atoms with E-state index in [-0.39, 0.29) is 0 Å². The number of halogens is 2. The molecule has 0 bridgehead atoms. The quantitative estimate of drug-likeness (QED) is 0.796. The van der Waals surface area contributed by atoms with E-state index in [1.165, 1.54) is 5.56 Å². The molecule has 0 heterocycles. The van der Waals surface area contributed by atoms with Crippen LogP contribution in [0.3, 0.4) is 0 Å². The molecule has 1 unspecified atom stereocenters. The first-order valence-electron chi connectivity index (χ1n) is 4.59. The lowest BCUT2D eigenvalue weighted by Gasteiger charge is -2.17. The second-order valence-electron chi connectivity index (χ2n) is 3.38. The molecule has 1 aromatic rings. The molecule has 0 radical (unpaired) electrons. The first kappa shape index (κ1) is 12.5. The average Bonchev–Trinajstić information content (AvgIpc) is 2.21. The molecule has 0 aromatic heterocycles. The van der Waals surface area contributed by atoms with Crippen LogP contribution in [-0.4, -0.2) is 23.9 Å². The Morgan fingerprint density at radius 2 is 2.20 bits per heavy atom. The molecule has 0 aliphatic rings. The minimum Gasteiger partial charge on any atom is -0.300 e. The summed E-state index contributed by atoms with van der Waals surface area (Å²) in [6, 6.07) is 10.0. The zero-order chi connectivity index (χ0) is 11.3. The molecule has 0 saturated heterocycles. The van der Waals surface area contributed by atoms with E-state index in [9.17, 15) is 0 Å². The second-order valence-corrected chi connectivity index (χ2v) is 4.77. The van der Waals surface area contributed by atoms with Crippen LogP contribution < -0.4 is 0 Å². The number of nitrogens with zero attached hydrogens (tertiary/aromatic N) is 2. The van der Waals surface area contributed by atoms with Gasteiger partial charge in [-0.1, -0.05) is 34.1 Å². The molecule has 15 heavy (non-hydrogen) atoms. The lowest BCUT2D eigenvalue weighted by molar-refractivity contribution is 0.336. The maximum Gasteiger partial charge on any atom is 0.133 e. The van der Waals surface area contributed by atoms with Gasteiger partial charge < -0.3 is 0 Å². The monoisotopic (exact) mass is 286 g/mol. The first-order valence-corrected chi connectivity index (χ1v) is 5.82. The van der Waals surface area contributed by atoms with Crippen molar-refractivity contribution in [2.45, 2.75) is 11.9 Å². The van der Waals surface area contributed by atoms with Crippen LogP contribution >= 0.6 is 27.5 Å². The van der Waals surface area contributed by atoms with Crippen molar-refractivity contribution in [2.24, 2.45) is 0 Å². The van der Waals surface area contributed by atoms with E-state index in [2.05, 4.69) is 22.0 Å². The van der Waals surface area contributed by atoms with Gasteiger partial charge in [0.25, 0.3) is 0 Å². The summed E-state index contributed by atoms with van der Waals surface area (Å²) < 4.78 is 1.08. The highest BCUT2D eigenvalue weighted by Gasteiger charge is 2.08. The van der Waals surface area contributed by atoms with Gasteiger partial charge in [-0.2, -0.15) is 5.26 Å². The summed E-state index contributed by atoms with van der Waals surface area (Å²) in [5.41, 5.74) is 1.20. The number of rotatable bonds is 4. The van der Waals surface area contributed by atoms with Crippen LogP contribution in [0.15, 0.2) is 28.7 Å². The zero-order valence-electron chi connectivity index (χ0n) is 8.45. The maximum atomic E-state index is 8.59. The zero-order valence-corrected chi connectivity index (χ0v) is 10.8. The number of benzene rings is 1. The summed E-state index contributed by atoms with van der Waals surface area (Å²) in [5, 5.41) is 8.14. The Morgan fingerprint density at radius 3 is 2.80 bits per heavy atom. The predicted molar refractivity (Wildman–Crippen MR) is 65.7 cm³/mol. The molecule has 0 amide bonds. The van der Waals surface area contributed by atoms with E-state index in [0.717, 1.165) is 11.0 Å². The highest BCUT2D eigenvalue weighted by molar-refractivity contribution is 9.10. The summed E-state index contributed by atoms with van der Waals surface area (Å²) in [7, 11) is 1.95. The Balaban J connectivity index is 2.56. The maximum absolute atomic E-state index is 8.59. The first-order chi connectivity index (χ1) is 7.13. The Kier molecular flexibility index (Phi) is 5.10. The van der Waals surface area contributed by atoms with Crippen LogP contribution in [0.1, 0.15) is 5.56 Å². The molecule has 0 N–H and O–H groups in total. The molecule has 2 nitrogen and oxygen atoms in total. The van der Waals surface area contributed by atoms with E-state index >= 15 is 0 Å².